The number of halogens is 4. The molecule has 0 bridgehead atoms. The Morgan fingerprint density at radius 2 is 1.95 bits per heavy atom. The van der Waals surface area contributed by atoms with Crippen molar-refractivity contribution in [2.75, 3.05) is 32.0 Å². The van der Waals surface area contributed by atoms with Gasteiger partial charge in [0.1, 0.15) is 0 Å². The molecule has 2 rings (SSSR count). The second-order valence-electron chi connectivity index (χ2n) is 5.65. The third-order valence-corrected chi connectivity index (χ3v) is 4.49. The van der Waals surface area contributed by atoms with Gasteiger partial charge in [-0.25, -0.2) is 0 Å². The van der Waals surface area contributed by atoms with Crippen LogP contribution in [0.2, 0.25) is 0 Å². The fraction of sp³-hybridized carbons (Fsp3) is 0.600. The first-order valence-electron chi connectivity index (χ1n) is 7.15. The Morgan fingerprint density at radius 3 is 2.57 bits per heavy atom. The van der Waals surface area contributed by atoms with Crippen molar-refractivity contribution in [1.29, 1.82) is 0 Å². The van der Waals surface area contributed by atoms with Crippen molar-refractivity contribution < 1.29 is 13.2 Å². The number of likely N-dealkylation sites (tertiary alicyclic amines) is 1. The van der Waals surface area contributed by atoms with E-state index in [1.54, 1.807) is 6.07 Å². The van der Waals surface area contributed by atoms with Crippen LogP contribution in [0.25, 0.3) is 0 Å². The number of benzene rings is 1. The number of rotatable bonds is 4. The maximum absolute atomic E-state index is 13.0. The SMILES string of the molecule is CN1CCC(CCNc2ccc(Br)cc2C(F)(F)F)CC1. The molecule has 1 N–H and O–H groups in total. The predicted octanol–water partition coefficient (Wildman–Crippen LogP) is 4.61. The van der Waals surface area contributed by atoms with Crippen LogP contribution in [0.1, 0.15) is 24.8 Å². The monoisotopic (exact) mass is 364 g/mol. The van der Waals surface area contributed by atoms with Crippen molar-refractivity contribution in [2.45, 2.75) is 25.4 Å². The Balaban J connectivity index is 1.91. The molecule has 1 aromatic rings. The van der Waals surface area contributed by atoms with Crippen molar-refractivity contribution in [2.24, 2.45) is 5.92 Å². The molecule has 0 amide bonds. The molecule has 2 nitrogen and oxygen atoms in total. The van der Waals surface area contributed by atoms with Gasteiger partial charge in [0.2, 0.25) is 0 Å². The molecule has 0 aromatic heterocycles. The summed E-state index contributed by atoms with van der Waals surface area (Å²) in [7, 11) is 2.10. The van der Waals surface area contributed by atoms with E-state index in [4.69, 9.17) is 0 Å². The molecule has 0 atom stereocenters. The average Bonchev–Trinajstić information content (AvgIpc) is 2.41. The summed E-state index contributed by atoms with van der Waals surface area (Å²) in [5.41, 5.74) is -0.445. The molecule has 0 aliphatic carbocycles. The van der Waals surface area contributed by atoms with Gasteiger partial charge < -0.3 is 10.2 Å². The summed E-state index contributed by atoms with van der Waals surface area (Å²) >= 11 is 3.09. The average molecular weight is 365 g/mol. The van der Waals surface area contributed by atoms with Gasteiger partial charge in [0.05, 0.1) is 5.56 Å². The Kier molecular flexibility index (Phi) is 5.54. The molecule has 21 heavy (non-hydrogen) atoms. The third kappa shape index (κ3) is 4.88. The molecule has 1 saturated heterocycles. The first-order valence-corrected chi connectivity index (χ1v) is 7.94. The highest BCUT2D eigenvalue weighted by molar-refractivity contribution is 9.10. The van der Waals surface area contributed by atoms with Gasteiger partial charge in [0, 0.05) is 16.7 Å². The van der Waals surface area contributed by atoms with E-state index < -0.39 is 11.7 Å². The molecule has 118 valence electrons. The minimum absolute atomic E-state index is 0.165. The standard InChI is InChI=1S/C15H20BrF3N2/c1-21-8-5-11(6-9-21)4-7-20-14-3-2-12(16)10-13(14)15(17,18)19/h2-3,10-11,20H,4-9H2,1H3. The Hall–Kier alpha value is -0.750. The molecule has 0 radical (unpaired) electrons. The van der Waals surface area contributed by atoms with Crippen LogP contribution in [0.3, 0.4) is 0 Å². The number of piperidine rings is 1. The van der Waals surface area contributed by atoms with Gasteiger partial charge in [-0.15, -0.1) is 0 Å². The summed E-state index contributed by atoms with van der Waals surface area (Å²) in [6, 6.07) is 4.24. The van der Waals surface area contributed by atoms with Gasteiger partial charge in [-0.2, -0.15) is 13.2 Å². The molecular formula is C15H20BrF3N2. The van der Waals surface area contributed by atoms with Gasteiger partial charge in [-0.1, -0.05) is 15.9 Å². The number of nitrogens with one attached hydrogen (secondary N) is 1. The first kappa shape index (κ1) is 16.6. The quantitative estimate of drug-likeness (QED) is 0.838. The van der Waals surface area contributed by atoms with Crippen LogP contribution in [-0.4, -0.2) is 31.6 Å². The lowest BCUT2D eigenvalue weighted by atomic mass is 9.94. The highest BCUT2D eigenvalue weighted by Gasteiger charge is 2.33. The maximum atomic E-state index is 13.0. The van der Waals surface area contributed by atoms with Crippen molar-refractivity contribution in [3.63, 3.8) is 0 Å². The van der Waals surface area contributed by atoms with E-state index in [1.807, 2.05) is 0 Å². The molecule has 1 heterocycles. The molecule has 0 unspecified atom stereocenters. The Labute approximate surface area is 131 Å². The lowest BCUT2D eigenvalue weighted by Crippen LogP contribution is -2.30. The van der Waals surface area contributed by atoms with Gasteiger partial charge in [0.25, 0.3) is 0 Å². The fourth-order valence-corrected chi connectivity index (χ4v) is 3.03. The van der Waals surface area contributed by atoms with E-state index in [0.717, 1.165) is 38.4 Å². The normalized spacial score (nSPS) is 18.0. The number of nitrogens with zero attached hydrogens (tertiary/aromatic N) is 1. The summed E-state index contributed by atoms with van der Waals surface area (Å²) in [4.78, 5) is 2.29. The van der Waals surface area contributed by atoms with Gasteiger partial charge >= 0.3 is 6.18 Å². The molecule has 1 aliphatic rings. The van der Waals surface area contributed by atoms with Crippen LogP contribution in [0.4, 0.5) is 18.9 Å². The maximum Gasteiger partial charge on any atom is 0.418 e. The summed E-state index contributed by atoms with van der Waals surface area (Å²) in [6.45, 7) is 2.74. The van der Waals surface area contributed by atoms with Crippen LogP contribution in [0.5, 0.6) is 0 Å². The Morgan fingerprint density at radius 1 is 1.29 bits per heavy atom. The topological polar surface area (TPSA) is 15.3 Å². The first-order chi connectivity index (χ1) is 9.86. The van der Waals surface area contributed by atoms with Crippen molar-refractivity contribution in [1.82, 2.24) is 4.90 Å². The van der Waals surface area contributed by atoms with Crippen LogP contribution in [0, 0.1) is 5.92 Å². The van der Waals surface area contributed by atoms with E-state index in [2.05, 4.69) is 33.2 Å². The van der Waals surface area contributed by atoms with Crippen molar-refractivity contribution in [3.05, 3.63) is 28.2 Å². The van der Waals surface area contributed by atoms with Gasteiger partial charge in [-0.05, 0) is 63.5 Å². The zero-order valence-corrected chi connectivity index (χ0v) is 13.6. The third-order valence-electron chi connectivity index (χ3n) is 3.99. The molecule has 1 aromatic carbocycles. The van der Waals surface area contributed by atoms with Crippen LogP contribution >= 0.6 is 15.9 Å². The second kappa shape index (κ2) is 7.01. The van der Waals surface area contributed by atoms with Gasteiger partial charge in [-0.3, -0.25) is 0 Å². The van der Waals surface area contributed by atoms with Crippen LogP contribution in [-0.2, 0) is 6.18 Å². The summed E-state index contributed by atoms with van der Waals surface area (Å²) in [5, 5.41) is 2.95. The molecule has 1 aliphatic heterocycles. The smallest absolute Gasteiger partial charge is 0.385 e. The summed E-state index contributed by atoms with van der Waals surface area (Å²) < 4.78 is 39.4. The second-order valence-corrected chi connectivity index (χ2v) is 6.57. The van der Waals surface area contributed by atoms with Crippen LogP contribution < -0.4 is 5.32 Å². The van der Waals surface area contributed by atoms with Crippen molar-refractivity contribution >= 4 is 21.6 Å². The van der Waals surface area contributed by atoms with E-state index in [9.17, 15) is 13.2 Å². The van der Waals surface area contributed by atoms with E-state index >= 15 is 0 Å². The van der Waals surface area contributed by atoms with Gasteiger partial charge in [0.15, 0.2) is 0 Å². The molecule has 0 spiro atoms. The molecule has 1 fully saturated rings. The lowest BCUT2D eigenvalue weighted by molar-refractivity contribution is -0.137. The number of anilines is 1. The number of hydrogen-bond acceptors (Lipinski definition) is 2. The highest BCUT2D eigenvalue weighted by atomic mass is 79.9. The minimum Gasteiger partial charge on any atom is -0.385 e. The summed E-state index contributed by atoms with van der Waals surface area (Å²) in [6.07, 6.45) is -1.16. The fourth-order valence-electron chi connectivity index (χ4n) is 2.67. The molecule has 0 saturated carbocycles. The molecule has 6 heteroatoms. The highest BCUT2D eigenvalue weighted by Crippen LogP contribution is 2.36. The lowest BCUT2D eigenvalue weighted by Gasteiger charge is -2.29. The number of alkyl halides is 3. The van der Waals surface area contributed by atoms with E-state index in [0.29, 0.717) is 16.9 Å². The van der Waals surface area contributed by atoms with Crippen LogP contribution in [0.15, 0.2) is 22.7 Å². The number of hydrogen-bond donors (Lipinski definition) is 1. The van der Waals surface area contributed by atoms with E-state index in [1.165, 1.54) is 6.07 Å². The van der Waals surface area contributed by atoms with Crippen molar-refractivity contribution in [3.8, 4) is 0 Å². The zero-order valence-electron chi connectivity index (χ0n) is 12.0. The predicted molar refractivity (Wildman–Crippen MR) is 82.5 cm³/mol. The Bertz CT molecular complexity index is 468. The minimum atomic E-state index is -4.33. The van der Waals surface area contributed by atoms with E-state index in [-0.39, 0.29) is 5.69 Å². The largest absolute Gasteiger partial charge is 0.418 e. The zero-order chi connectivity index (χ0) is 15.5. The summed E-state index contributed by atoms with van der Waals surface area (Å²) in [5.74, 6) is 0.610. The molecular weight excluding hydrogens is 345 g/mol.